The molecule has 0 atom stereocenters. The van der Waals surface area contributed by atoms with E-state index in [0.29, 0.717) is 48.5 Å². The molecular formula is C22H23ClN4O3. The third-order valence-electron chi connectivity index (χ3n) is 4.98. The Morgan fingerprint density at radius 2 is 1.90 bits per heavy atom. The molecular weight excluding hydrogens is 404 g/mol. The lowest BCUT2D eigenvalue weighted by Crippen LogP contribution is -2.48. The van der Waals surface area contributed by atoms with Crippen LogP contribution >= 0.6 is 11.6 Å². The van der Waals surface area contributed by atoms with Crippen molar-refractivity contribution in [2.75, 3.05) is 32.8 Å². The van der Waals surface area contributed by atoms with Crippen LogP contribution in [0.4, 0.5) is 0 Å². The van der Waals surface area contributed by atoms with Crippen molar-refractivity contribution in [1.29, 1.82) is 0 Å². The van der Waals surface area contributed by atoms with Gasteiger partial charge in [-0.1, -0.05) is 22.8 Å². The van der Waals surface area contributed by atoms with Gasteiger partial charge in [0.15, 0.2) is 0 Å². The van der Waals surface area contributed by atoms with Crippen LogP contribution in [-0.2, 0) is 6.54 Å². The van der Waals surface area contributed by atoms with Gasteiger partial charge in [-0.15, -0.1) is 0 Å². The first kappa shape index (κ1) is 20.4. The number of hydrogen-bond acceptors (Lipinski definition) is 6. The predicted molar refractivity (Wildman–Crippen MR) is 114 cm³/mol. The van der Waals surface area contributed by atoms with E-state index >= 15 is 0 Å². The molecule has 2 aromatic carbocycles. The van der Waals surface area contributed by atoms with E-state index in [1.165, 1.54) is 0 Å². The Labute approximate surface area is 180 Å². The van der Waals surface area contributed by atoms with Gasteiger partial charge >= 0.3 is 0 Å². The highest BCUT2D eigenvalue weighted by atomic mass is 35.5. The van der Waals surface area contributed by atoms with Crippen LogP contribution in [-0.4, -0.2) is 58.6 Å². The standard InChI is InChI=1S/C22H23ClN4O3/c1-2-29-19-5-3-4-17(14-19)22(28)27-12-10-26(11-13-27)15-20-24-21(25-30-20)16-6-8-18(23)9-7-16/h3-9,14H,2,10-13,15H2,1H3. The van der Waals surface area contributed by atoms with Crippen molar-refractivity contribution in [3.8, 4) is 17.1 Å². The van der Waals surface area contributed by atoms with Crippen LogP contribution in [0.15, 0.2) is 53.1 Å². The number of aromatic nitrogens is 2. The Morgan fingerprint density at radius 3 is 2.63 bits per heavy atom. The molecule has 0 aliphatic carbocycles. The summed E-state index contributed by atoms with van der Waals surface area (Å²) >= 11 is 5.92. The van der Waals surface area contributed by atoms with Crippen LogP contribution in [0, 0.1) is 0 Å². The highest BCUT2D eigenvalue weighted by Gasteiger charge is 2.23. The topological polar surface area (TPSA) is 71.7 Å². The molecule has 1 aromatic heterocycles. The molecule has 156 valence electrons. The second-order valence-electron chi connectivity index (χ2n) is 7.05. The summed E-state index contributed by atoms with van der Waals surface area (Å²) in [5.41, 5.74) is 1.51. The van der Waals surface area contributed by atoms with Gasteiger partial charge in [0.2, 0.25) is 11.7 Å². The SMILES string of the molecule is CCOc1cccc(C(=O)N2CCN(Cc3nc(-c4ccc(Cl)cc4)no3)CC2)c1. The molecule has 0 spiro atoms. The smallest absolute Gasteiger partial charge is 0.254 e. The predicted octanol–water partition coefficient (Wildman–Crippen LogP) is 3.75. The first-order valence-electron chi connectivity index (χ1n) is 9.95. The van der Waals surface area contributed by atoms with Gasteiger partial charge in [-0.2, -0.15) is 4.98 Å². The number of piperazine rings is 1. The molecule has 1 aliphatic rings. The fourth-order valence-electron chi connectivity index (χ4n) is 3.40. The van der Waals surface area contributed by atoms with Gasteiger partial charge in [0, 0.05) is 42.3 Å². The molecule has 2 heterocycles. The van der Waals surface area contributed by atoms with Crippen LogP contribution in [0.1, 0.15) is 23.2 Å². The highest BCUT2D eigenvalue weighted by Crippen LogP contribution is 2.20. The highest BCUT2D eigenvalue weighted by molar-refractivity contribution is 6.30. The minimum Gasteiger partial charge on any atom is -0.494 e. The van der Waals surface area contributed by atoms with Crippen molar-refractivity contribution in [2.24, 2.45) is 0 Å². The van der Waals surface area contributed by atoms with Crippen LogP contribution in [0.2, 0.25) is 5.02 Å². The third-order valence-corrected chi connectivity index (χ3v) is 5.23. The van der Waals surface area contributed by atoms with Crippen molar-refractivity contribution in [3.05, 3.63) is 65.0 Å². The van der Waals surface area contributed by atoms with E-state index in [-0.39, 0.29) is 5.91 Å². The molecule has 0 bridgehead atoms. The summed E-state index contributed by atoms with van der Waals surface area (Å²) in [6.07, 6.45) is 0. The lowest BCUT2D eigenvalue weighted by Gasteiger charge is -2.34. The Balaban J connectivity index is 1.32. The number of benzene rings is 2. The van der Waals surface area contributed by atoms with Gasteiger partial charge < -0.3 is 14.2 Å². The second-order valence-corrected chi connectivity index (χ2v) is 7.48. The number of ether oxygens (including phenoxy) is 1. The molecule has 0 unspecified atom stereocenters. The third kappa shape index (κ3) is 4.80. The minimum atomic E-state index is 0.0269. The molecule has 1 saturated heterocycles. The molecule has 1 fully saturated rings. The fraction of sp³-hybridized carbons (Fsp3) is 0.318. The molecule has 7 nitrogen and oxygen atoms in total. The number of halogens is 1. The van der Waals surface area contributed by atoms with Crippen molar-refractivity contribution in [2.45, 2.75) is 13.5 Å². The van der Waals surface area contributed by atoms with Gasteiger partial charge in [0.1, 0.15) is 5.75 Å². The van der Waals surface area contributed by atoms with Gasteiger partial charge in [0.05, 0.1) is 13.2 Å². The van der Waals surface area contributed by atoms with Crippen molar-refractivity contribution >= 4 is 17.5 Å². The number of nitrogens with zero attached hydrogens (tertiary/aromatic N) is 4. The fourth-order valence-corrected chi connectivity index (χ4v) is 3.53. The zero-order valence-corrected chi connectivity index (χ0v) is 17.5. The van der Waals surface area contributed by atoms with E-state index in [9.17, 15) is 4.79 Å². The molecule has 3 aromatic rings. The van der Waals surface area contributed by atoms with E-state index in [1.807, 2.05) is 42.2 Å². The molecule has 1 aliphatic heterocycles. The first-order valence-corrected chi connectivity index (χ1v) is 10.3. The quantitative estimate of drug-likeness (QED) is 0.597. The molecule has 0 radical (unpaired) electrons. The summed E-state index contributed by atoms with van der Waals surface area (Å²) in [6, 6.07) is 14.7. The molecule has 1 amide bonds. The van der Waals surface area contributed by atoms with Crippen LogP contribution in [0.25, 0.3) is 11.4 Å². The number of hydrogen-bond donors (Lipinski definition) is 0. The lowest BCUT2D eigenvalue weighted by molar-refractivity contribution is 0.0614. The molecule has 0 saturated carbocycles. The molecule has 0 N–H and O–H groups in total. The Kier molecular flexibility index (Phi) is 6.30. The minimum absolute atomic E-state index is 0.0269. The van der Waals surface area contributed by atoms with Gasteiger partial charge in [-0.3, -0.25) is 9.69 Å². The maximum atomic E-state index is 12.8. The van der Waals surface area contributed by atoms with E-state index in [0.717, 1.165) is 24.4 Å². The summed E-state index contributed by atoms with van der Waals surface area (Å²) in [4.78, 5) is 21.4. The van der Waals surface area contributed by atoms with E-state index in [4.69, 9.17) is 20.9 Å². The molecule has 30 heavy (non-hydrogen) atoms. The summed E-state index contributed by atoms with van der Waals surface area (Å²) in [5.74, 6) is 1.85. The number of carbonyl (C=O) groups excluding carboxylic acids is 1. The average molecular weight is 427 g/mol. The molecule has 4 rings (SSSR count). The van der Waals surface area contributed by atoms with Gasteiger partial charge in [-0.05, 0) is 49.4 Å². The monoisotopic (exact) mass is 426 g/mol. The van der Waals surface area contributed by atoms with Crippen LogP contribution in [0.5, 0.6) is 5.75 Å². The largest absolute Gasteiger partial charge is 0.494 e. The van der Waals surface area contributed by atoms with E-state index in [1.54, 1.807) is 18.2 Å². The summed E-state index contributed by atoms with van der Waals surface area (Å²) < 4.78 is 10.9. The Bertz CT molecular complexity index is 998. The zero-order chi connectivity index (χ0) is 20.9. The Morgan fingerprint density at radius 1 is 1.13 bits per heavy atom. The molecule has 8 heteroatoms. The zero-order valence-electron chi connectivity index (χ0n) is 16.8. The lowest BCUT2D eigenvalue weighted by atomic mass is 10.1. The Hall–Kier alpha value is -2.90. The van der Waals surface area contributed by atoms with E-state index in [2.05, 4.69) is 15.0 Å². The normalized spacial score (nSPS) is 14.7. The van der Waals surface area contributed by atoms with Gasteiger partial charge in [-0.25, -0.2) is 0 Å². The van der Waals surface area contributed by atoms with Crippen LogP contribution < -0.4 is 4.74 Å². The summed E-state index contributed by atoms with van der Waals surface area (Å²) in [6.45, 7) is 5.85. The maximum Gasteiger partial charge on any atom is 0.254 e. The number of carbonyl (C=O) groups is 1. The number of amides is 1. The maximum absolute atomic E-state index is 12.8. The summed E-state index contributed by atoms with van der Waals surface area (Å²) in [5, 5.41) is 4.72. The summed E-state index contributed by atoms with van der Waals surface area (Å²) in [7, 11) is 0. The van der Waals surface area contributed by atoms with Crippen molar-refractivity contribution < 1.29 is 14.1 Å². The van der Waals surface area contributed by atoms with Crippen molar-refractivity contribution in [1.82, 2.24) is 19.9 Å². The van der Waals surface area contributed by atoms with Gasteiger partial charge in [0.25, 0.3) is 5.91 Å². The van der Waals surface area contributed by atoms with Crippen LogP contribution in [0.3, 0.4) is 0 Å². The average Bonchev–Trinajstić information content (AvgIpc) is 3.23. The second kappa shape index (κ2) is 9.28. The van der Waals surface area contributed by atoms with E-state index < -0.39 is 0 Å². The number of rotatable bonds is 6. The van der Waals surface area contributed by atoms with Crippen molar-refractivity contribution in [3.63, 3.8) is 0 Å². The first-order chi connectivity index (χ1) is 14.6.